The van der Waals surface area contributed by atoms with Gasteiger partial charge >= 0.3 is 5.97 Å². The summed E-state index contributed by atoms with van der Waals surface area (Å²) in [7, 11) is 0. The Balaban J connectivity index is 1.43. The number of benzene rings is 3. The van der Waals surface area contributed by atoms with Crippen molar-refractivity contribution >= 4 is 28.1 Å². The fraction of sp³-hybridized carbons (Fsp3) is 0.154. The standard InChI is InChI=1S/C26H21FN2O3/c1-16-24-21(29-28-19-14-12-18(27)13-15-19)9-5-11-23(24)31-25(16)26(30)32-22-10-4-7-17-6-2-3-8-20(17)22/h2-4,6-8,10,12-15,28H,5,9,11H2,1H3/b29-21+. The zero-order valence-electron chi connectivity index (χ0n) is 17.5. The molecule has 0 atom stereocenters. The van der Waals surface area contributed by atoms with Crippen LogP contribution >= 0.6 is 0 Å². The third kappa shape index (κ3) is 3.75. The number of furan rings is 1. The van der Waals surface area contributed by atoms with Crippen molar-refractivity contribution in [2.24, 2.45) is 5.10 Å². The molecule has 0 amide bonds. The van der Waals surface area contributed by atoms with E-state index in [-0.39, 0.29) is 11.6 Å². The van der Waals surface area contributed by atoms with Crippen LogP contribution in [0.4, 0.5) is 10.1 Å². The molecule has 1 aromatic heterocycles. The fourth-order valence-electron chi connectivity index (χ4n) is 4.06. The minimum Gasteiger partial charge on any atom is -0.453 e. The molecule has 5 nitrogen and oxygen atoms in total. The maximum atomic E-state index is 13.1. The number of hydrogen-bond acceptors (Lipinski definition) is 5. The average molecular weight is 428 g/mol. The second kappa shape index (κ2) is 8.30. The number of aryl methyl sites for hydroxylation is 1. The van der Waals surface area contributed by atoms with Crippen molar-refractivity contribution in [3.63, 3.8) is 0 Å². The lowest BCUT2D eigenvalue weighted by atomic mass is 9.93. The molecule has 0 unspecified atom stereocenters. The Bertz CT molecular complexity index is 1330. The first-order valence-corrected chi connectivity index (χ1v) is 10.5. The van der Waals surface area contributed by atoms with Gasteiger partial charge in [0.15, 0.2) is 0 Å². The Hall–Kier alpha value is -3.93. The molecule has 0 aliphatic heterocycles. The molecule has 1 heterocycles. The number of carbonyl (C=O) groups is 1. The number of hydrazone groups is 1. The molecule has 1 aliphatic rings. The van der Waals surface area contributed by atoms with E-state index in [2.05, 4.69) is 10.5 Å². The van der Waals surface area contributed by atoms with Gasteiger partial charge in [0.1, 0.15) is 17.3 Å². The van der Waals surface area contributed by atoms with Crippen LogP contribution in [0.1, 0.15) is 40.3 Å². The lowest BCUT2D eigenvalue weighted by molar-refractivity contribution is 0.0700. The van der Waals surface area contributed by atoms with Gasteiger partial charge in [-0.3, -0.25) is 5.43 Å². The van der Waals surface area contributed by atoms with Gasteiger partial charge in [-0.15, -0.1) is 0 Å². The molecule has 1 aliphatic carbocycles. The van der Waals surface area contributed by atoms with Crippen LogP contribution in [0.5, 0.6) is 5.75 Å². The number of carbonyl (C=O) groups excluding carboxylic acids is 1. The molecule has 32 heavy (non-hydrogen) atoms. The molecule has 0 saturated heterocycles. The van der Waals surface area contributed by atoms with Crippen molar-refractivity contribution in [2.45, 2.75) is 26.2 Å². The highest BCUT2D eigenvalue weighted by molar-refractivity contribution is 6.06. The van der Waals surface area contributed by atoms with E-state index in [1.807, 2.05) is 43.3 Å². The van der Waals surface area contributed by atoms with Crippen LogP contribution in [0, 0.1) is 12.7 Å². The topological polar surface area (TPSA) is 63.8 Å². The van der Waals surface area contributed by atoms with Crippen molar-refractivity contribution in [3.05, 3.63) is 95.2 Å². The highest BCUT2D eigenvalue weighted by atomic mass is 19.1. The van der Waals surface area contributed by atoms with E-state index >= 15 is 0 Å². The Kier molecular flexibility index (Phi) is 5.19. The predicted molar refractivity (Wildman–Crippen MR) is 122 cm³/mol. The van der Waals surface area contributed by atoms with Crippen LogP contribution < -0.4 is 10.2 Å². The fourth-order valence-corrected chi connectivity index (χ4v) is 4.06. The third-order valence-corrected chi connectivity index (χ3v) is 5.63. The van der Waals surface area contributed by atoms with Gasteiger partial charge in [-0.1, -0.05) is 36.4 Å². The van der Waals surface area contributed by atoms with Crippen molar-refractivity contribution in [2.75, 3.05) is 5.43 Å². The maximum absolute atomic E-state index is 13.1. The van der Waals surface area contributed by atoms with Gasteiger partial charge in [-0.05, 0) is 55.5 Å². The largest absolute Gasteiger partial charge is 0.453 e. The van der Waals surface area contributed by atoms with E-state index in [1.54, 1.807) is 18.2 Å². The van der Waals surface area contributed by atoms with Crippen LogP contribution in [-0.4, -0.2) is 11.7 Å². The lowest BCUT2D eigenvalue weighted by Crippen LogP contribution is -2.13. The number of fused-ring (bicyclic) bond motifs is 2. The van der Waals surface area contributed by atoms with Gasteiger partial charge in [0, 0.05) is 22.9 Å². The molecule has 0 fully saturated rings. The molecule has 160 valence electrons. The monoisotopic (exact) mass is 428 g/mol. The second-order valence-electron chi connectivity index (χ2n) is 7.75. The Labute approximate surface area is 184 Å². The van der Waals surface area contributed by atoms with Crippen LogP contribution in [-0.2, 0) is 6.42 Å². The lowest BCUT2D eigenvalue weighted by Gasteiger charge is -2.13. The van der Waals surface area contributed by atoms with Crippen molar-refractivity contribution < 1.29 is 18.3 Å². The first-order valence-electron chi connectivity index (χ1n) is 10.5. The third-order valence-electron chi connectivity index (χ3n) is 5.63. The number of nitrogens with one attached hydrogen (secondary N) is 1. The summed E-state index contributed by atoms with van der Waals surface area (Å²) < 4.78 is 24.8. The maximum Gasteiger partial charge on any atom is 0.379 e. The van der Waals surface area contributed by atoms with Crippen LogP contribution in [0.3, 0.4) is 0 Å². The summed E-state index contributed by atoms with van der Waals surface area (Å²) in [6.07, 6.45) is 2.34. The number of anilines is 1. The van der Waals surface area contributed by atoms with Gasteiger partial charge in [0.05, 0.1) is 11.4 Å². The summed E-state index contributed by atoms with van der Waals surface area (Å²) in [6, 6.07) is 19.3. The van der Waals surface area contributed by atoms with Crippen LogP contribution in [0.25, 0.3) is 10.8 Å². The van der Waals surface area contributed by atoms with Crippen LogP contribution in [0.15, 0.2) is 76.2 Å². The second-order valence-corrected chi connectivity index (χ2v) is 7.75. The highest BCUT2D eigenvalue weighted by Crippen LogP contribution is 2.32. The molecule has 0 bridgehead atoms. The highest BCUT2D eigenvalue weighted by Gasteiger charge is 2.29. The molecule has 1 N–H and O–H groups in total. The zero-order valence-corrected chi connectivity index (χ0v) is 17.5. The van der Waals surface area contributed by atoms with Gasteiger partial charge in [0.2, 0.25) is 5.76 Å². The average Bonchev–Trinajstić information content (AvgIpc) is 3.16. The first kappa shape index (κ1) is 20.0. The van der Waals surface area contributed by atoms with E-state index < -0.39 is 5.97 Å². The number of rotatable bonds is 4. The summed E-state index contributed by atoms with van der Waals surface area (Å²) >= 11 is 0. The van der Waals surface area contributed by atoms with Crippen molar-refractivity contribution in [1.82, 2.24) is 0 Å². The quantitative estimate of drug-likeness (QED) is 0.237. The number of halogens is 1. The number of ether oxygens (including phenoxy) is 1. The molecule has 0 radical (unpaired) electrons. The summed E-state index contributed by atoms with van der Waals surface area (Å²) in [5.74, 6) is 0.591. The summed E-state index contributed by atoms with van der Waals surface area (Å²) in [4.78, 5) is 13.0. The van der Waals surface area contributed by atoms with Crippen molar-refractivity contribution in [1.29, 1.82) is 0 Å². The minimum atomic E-state index is -0.529. The van der Waals surface area contributed by atoms with E-state index in [0.29, 0.717) is 17.0 Å². The molecular formula is C26H21FN2O3. The Morgan fingerprint density at radius 3 is 2.66 bits per heavy atom. The molecule has 6 heteroatoms. The Morgan fingerprint density at radius 1 is 1.03 bits per heavy atom. The molecule has 0 spiro atoms. The minimum absolute atomic E-state index is 0.194. The molecule has 3 aromatic carbocycles. The summed E-state index contributed by atoms with van der Waals surface area (Å²) in [5.41, 5.74) is 6.02. The van der Waals surface area contributed by atoms with Crippen molar-refractivity contribution in [3.8, 4) is 5.75 Å². The molecule has 5 rings (SSSR count). The first-order chi connectivity index (χ1) is 15.6. The van der Waals surface area contributed by atoms with Gasteiger partial charge in [-0.25, -0.2) is 9.18 Å². The Morgan fingerprint density at radius 2 is 1.81 bits per heavy atom. The van der Waals surface area contributed by atoms with Gasteiger partial charge in [0.25, 0.3) is 0 Å². The van der Waals surface area contributed by atoms with E-state index in [1.165, 1.54) is 12.1 Å². The molecular weight excluding hydrogens is 407 g/mol. The number of hydrogen-bond donors (Lipinski definition) is 1. The SMILES string of the molecule is Cc1c(C(=O)Oc2cccc3ccccc23)oc2c1/C(=N/Nc1ccc(F)cc1)CCC2. The predicted octanol–water partition coefficient (Wildman–Crippen LogP) is 6.25. The molecule has 4 aromatic rings. The number of nitrogens with zero attached hydrogens (tertiary/aromatic N) is 1. The van der Waals surface area contributed by atoms with Crippen LogP contribution in [0.2, 0.25) is 0 Å². The normalized spacial score (nSPS) is 14.4. The smallest absolute Gasteiger partial charge is 0.379 e. The van der Waals surface area contributed by atoms with E-state index in [9.17, 15) is 9.18 Å². The molecule has 0 saturated carbocycles. The van der Waals surface area contributed by atoms with Gasteiger partial charge in [-0.2, -0.15) is 5.10 Å². The zero-order chi connectivity index (χ0) is 22.1. The van der Waals surface area contributed by atoms with E-state index in [0.717, 1.165) is 47.1 Å². The summed E-state index contributed by atoms with van der Waals surface area (Å²) in [5, 5.41) is 6.37. The summed E-state index contributed by atoms with van der Waals surface area (Å²) in [6.45, 7) is 1.85. The van der Waals surface area contributed by atoms with E-state index in [4.69, 9.17) is 9.15 Å². The number of esters is 1. The van der Waals surface area contributed by atoms with Gasteiger partial charge < -0.3 is 9.15 Å².